The summed E-state index contributed by atoms with van der Waals surface area (Å²) in [6.07, 6.45) is 1.84. The van der Waals surface area contributed by atoms with Crippen LogP contribution in [0.4, 0.5) is 0 Å². The lowest BCUT2D eigenvalue weighted by Crippen LogP contribution is -2.49. The highest BCUT2D eigenvalue weighted by Crippen LogP contribution is 2.17. The lowest BCUT2D eigenvalue weighted by Gasteiger charge is -2.30. The molecule has 5 nitrogen and oxygen atoms in total. The Labute approximate surface area is 180 Å². The monoisotopic (exact) mass is 410 g/mol. The Balaban J connectivity index is 2.16. The molecule has 0 fully saturated rings. The van der Waals surface area contributed by atoms with Gasteiger partial charge in [0, 0.05) is 19.0 Å². The summed E-state index contributed by atoms with van der Waals surface area (Å²) >= 11 is 0. The third-order valence-electron chi connectivity index (χ3n) is 5.40. The molecule has 2 aromatic rings. The lowest BCUT2D eigenvalue weighted by molar-refractivity contribution is -0.140. The van der Waals surface area contributed by atoms with Gasteiger partial charge in [-0.3, -0.25) is 9.59 Å². The van der Waals surface area contributed by atoms with Crippen LogP contribution in [0.15, 0.2) is 48.5 Å². The van der Waals surface area contributed by atoms with Crippen molar-refractivity contribution >= 4 is 11.8 Å². The van der Waals surface area contributed by atoms with Gasteiger partial charge in [0.05, 0.1) is 7.11 Å². The molecule has 2 aromatic carbocycles. The maximum atomic E-state index is 13.2. The van der Waals surface area contributed by atoms with Gasteiger partial charge < -0.3 is 15.0 Å². The van der Waals surface area contributed by atoms with Crippen molar-refractivity contribution in [2.45, 2.75) is 65.6 Å². The molecule has 0 bridgehead atoms. The van der Waals surface area contributed by atoms with E-state index in [2.05, 4.69) is 17.4 Å². The Morgan fingerprint density at radius 2 is 1.77 bits per heavy atom. The summed E-state index contributed by atoms with van der Waals surface area (Å²) in [5, 5.41) is 3.00. The van der Waals surface area contributed by atoms with E-state index in [4.69, 9.17) is 4.74 Å². The first-order valence-corrected chi connectivity index (χ1v) is 10.6. The number of methoxy groups -OCH3 is 1. The van der Waals surface area contributed by atoms with Crippen molar-refractivity contribution in [1.29, 1.82) is 0 Å². The van der Waals surface area contributed by atoms with Gasteiger partial charge in [0.1, 0.15) is 11.8 Å². The topological polar surface area (TPSA) is 58.6 Å². The average Bonchev–Trinajstić information content (AvgIpc) is 2.76. The number of carbonyl (C=O) groups is 2. The van der Waals surface area contributed by atoms with Crippen LogP contribution in [0.25, 0.3) is 0 Å². The zero-order valence-corrected chi connectivity index (χ0v) is 18.8. The Morgan fingerprint density at radius 3 is 2.40 bits per heavy atom. The predicted octanol–water partition coefficient (Wildman–Crippen LogP) is 4.27. The number of aryl methyl sites for hydroxylation is 2. The van der Waals surface area contributed by atoms with Crippen LogP contribution in [0.5, 0.6) is 5.75 Å². The van der Waals surface area contributed by atoms with Crippen LogP contribution in [0.2, 0.25) is 0 Å². The van der Waals surface area contributed by atoms with Crippen molar-refractivity contribution in [3.05, 3.63) is 65.2 Å². The van der Waals surface area contributed by atoms with E-state index in [-0.39, 0.29) is 17.9 Å². The van der Waals surface area contributed by atoms with Gasteiger partial charge >= 0.3 is 0 Å². The number of hydrogen-bond acceptors (Lipinski definition) is 3. The van der Waals surface area contributed by atoms with Gasteiger partial charge in [-0.25, -0.2) is 0 Å². The summed E-state index contributed by atoms with van der Waals surface area (Å²) in [4.78, 5) is 27.6. The second-order valence-electron chi connectivity index (χ2n) is 7.85. The van der Waals surface area contributed by atoms with Crippen LogP contribution >= 0.6 is 0 Å². The molecule has 2 atom stereocenters. The van der Waals surface area contributed by atoms with E-state index in [1.54, 1.807) is 18.9 Å². The molecule has 1 N–H and O–H groups in total. The second kappa shape index (κ2) is 11.4. The third-order valence-corrected chi connectivity index (χ3v) is 5.40. The molecule has 2 rings (SSSR count). The van der Waals surface area contributed by atoms with E-state index in [1.165, 1.54) is 5.56 Å². The molecule has 2 amide bonds. The summed E-state index contributed by atoms with van der Waals surface area (Å²) < 4.78 is 5.30. The van der Waals surface area contributed by atoms with Crippen LogP contribution < -0.4 is 10.1 Å². The Kier molecular flexibility index (Phi) is 8.90. The van der Waals surface area contributed by atoms with Crippen molar-refractivity contribution in [1.82, 2.24) is 10.2 Å². The minimum Gasteiger partial charge on any atom is -0.497 e. The Morgan fingerprint density at radius 1 is 1.07 bits per heavy atom. The van der Waals surface area contributed by atoms with Crippen LogP contribution in [-0.2, 0) is 22.6 Å². The quantitative estimate of drug-likeness (QED) is 0.636. The molecule has 0 spiro atoms. The fourth-order valence-corrected chi connectivity index (χ4v) is 3.17. The highest BCUT2D eigenvalue weighted by molar-refractivity contribution is 5.87. The van der Waals surface area contributed by atoms with Gasteiger partial charge in [-0.2, -0.15) is 0 Å². The molecule has 0 saturated heterocycles. The fourth-order valence-electron chi connectivity index (χ4n) is 3.17. The van der Waals surface area contributed by atoms with Crippen molar-refractivity contribution in [3.63, 3.8) is 0 Å². The van der Waals surface area contributed by atoms with Crippen LogP contribution in [0.1, 0.15) is 50.3 Å². The van der Waals surface area contributed by atoms with E-state index in [0.29, 0.717) is 19.4 Å². The first kappa shape index (κ1) is 23.5. The van der Waals surface area contributed by atoms with Crippen molar-refractivity contribution in [2.75, 3.05) is 7.11 Å². The smallest absolute Gasteiger partial charge is 0.242 e. The van der Waals surface area contributed by atoms with Gasteiger partial charge in [0.15, 0.2) is 0 Å². The first-order chi connectivity index (χ1) is 14.3. The van der Waals surface area contributed by atoms with E-state index in [9.17, 15) is 9.59 Å². The molecule has 30 heavy (non-hydrogen) atoms. The first-order valence-electron chi connectivity index (χ1n) is 10.6. The van der Waals surface area contributed by atoms with E-state index in [0.717, 1.165) is 23.3 Å². The standard InChI is InChI=1S/C25H34N2O3/c1-6-19(3)26-25(29)20(4)27(17-22-8-7-9-23(16-22)30-5)24(28)15-14-21-12-10-18(2)11-13-21/h7-13,16,19-20H,6,14-15,17H2,1-5H3,(H,26,29)/t19-,20-/m0/s1. The summed E-state index contributed by atoms with van der Waals surface area (Å²) in [5.41, 5.74) is 3.24. The van der Waals surface area contributed by atoms with Gasteiger partial charge in [-0.15, -0.1) is 0 Å². The Bertz CT molecular complexity index is 833. The molecule has 0 heterocycles. The molecule has 0 aliphatic rings. The number of nitrogens with one attached hydrogen (secondary N) is 1. The zero-order valence-electron chi connectivity index (χ0n) is 18.8. The molecule has 0 unspecified atom stereocenters. The highest BCUT2D eigenvalue weighted by Gasteiger charge is 2.26. The molecule has 0 saturated carbocycles. The SMILES string of the molecule is CC[C@H](C)NC(=O)[C@H](C)N(Cc1cccc(OC)c1)C(=O)CCc1ccc(C)cc1. The van der Waals surface area contributed by atoms with Crippen molar-refractivity contribution in [2.24, 2.45) is 0 Å². The average molecular weight is 411 g/mol. The highest BCUT2D eigenvalue weighted by atomic mass is 16.5. The molecular formula is C25H34N2O3. The zero-order chi connectivity index (χ0) is 22.1. The van der Waals surface area contributed by atoms with E-state index in [1.807, 2.05) is 57.2 Å². The summed E-state index contributed by atoms with van der Waals surface area (Å²) in [7, 11) is 1.62. The van der Waals surface area contributed by atoms with Crippen LogP contribution in [0.3, 0.4) is 0 Å². The molecule has 0 radical (unpaired) electrons. The maximum Gasteiger partial charge on any atom is 0.242 e. The third kappa shape index (κ3) is 6.90. The number of amides is 2. The molecule has 5 heteroatoms. The number of hydrogen-bond donors (Lipinski definition) is 1. The van der Waals surface area contributed by atoms with Crippen LogP contribution in [-0.4, -0.2) is 35.9 Å². The number of nitrogens with zero attached hydrogens (tertiary/aromatic N) is 1. The summed E-state index contributed by atoms with van der Waals surface area (Å²) in [6, 6.07) is 15.3. The minimum absolute atomic E-state index is 0.0369. The summed E-state index contributed by atoms with van der Waals surface area (Å²) in [6.45, 7) is 8.19. The number of benzene rings is 2. The van der Waals surface area contributed by atoms with Gasteiger partial charge in [0.25, 0.3) is 0 Å². The normalized spacial score (nSPS) is 12.7. The lowest BCUT2D eigenvalue weighted by atomic mass is 10.1. The Hall–Kier alpha value is -2.82. The molecule has 0 aliphatic carbocycles. The van der Waals surface area contributed by atoms with Gasteiger partial charge in [-0.1, -0.05) is 48.9 Å². The second-order valence-corrected chi connectivity index (χ2v) is 7.85. The molecular weight excluding hydrogens is 376 g/mol. The molecule has 162 valence electrons. The maximum absolute atomic E-state index is 13.2. The minimum atomic E-state index is -0.560. The molecule has 0 aromatic heterocycles. The summed E-state index contributed by atoms with van der Waals surface area (Å²) in [5.74, 6) is 0.567. The van der Waals surface area contributed by atoms with E-state index >= 15 is 0 Å². The largest absolute Gasteiger partial charge is 0.497 e. The molecule has 0 aliphatic heterocycles. The van der Waals surface area contributed by atoms with Gasteiger partial charge in [-0.05, 0) is 56.9 Å². The van der Waals surface area contributed by atoms with Crippen molar-refractivity contribution < 1.29 is 14.3 Å². The van der Waals surface area contributed by atoms with Gasteiger partial charge in [0.2, 0.25) is 11.8 Å². The predicted molar refractivity (Wildman–Crippen MR) is 120 cm³/mol. The number of carbonyl (C=O) groups excluding carboxylic acids is 2. The number of rotatable bonds is 10. The van der Waals surface area contributed by atoms with Crippen LogP contribution in [0, 0.1) is 6.92 Å². The van der Waals surface area contributed by atoms with Crippen molar-refractivity contribution in [3.8, 4) is 5.75 Å². The number of ether oxygens (including phenoxy) is 1. The van der Waals surface area contributed by atoms with E-state index < -0.39 is 6.04 Å². The fraction of sp³-hybridized carbons (Fsp3) is 0.440.